The van der Waals surface area contributed by atoms with Gasteiger partial charge in [-0.15, -0.1) is 0 Å². The van der Waals surface area contributed by atoms with Crippen molar-refractivity contribution in [3.8, 4) is 0 Å². The third-order valence-corrected chi connectivity index (χ3v) is 7.92. The minimum atomic E-state index is -3.70. The summed E-state index contributed by atoms with van der Waals surface area (Å²) >= 11 is 0. The standard InChI is InChI=1S/C33H63O4P/c1-4-7-10-13-16-19-22-25-28-31-35-38(34,36-32-29-26-23-20-17-14-11-8-5-2)37-33-30-27-24-21-18-15-12-9-6-3/h28-33H,4-27H2,1-3H3. The summed E-state index contributed by atoms with van der Waals surface area (Å²) in [5, 5.41) is 0. The molecule has 5 heteroatoms. The molecule has 0 aliphatic heterocycles. The number of hydrogen-bond acceptors (Lipinski definition) is 4. The average Bonchev–Trinajstić information content (AvgIpc) is 2.92. The first-order valence-electron chi connectivity index (χ1n) is 16.3. The van der Waals surface area contributed by atoms with Gasteiger partial charge in [0.05, 0.1) is 18.8 Å². The van der Waals surface area contributed by atoms with Crippen molar-refractivity contribution < 1.29 is 18.1 Å². The molecular weight excluding hydrogens is 491 g/mol. The van der Waals surface area contributed by atoms with Gasteiger partial charge in [-0.25, -0.2) is 0 Å². The molecule has 0 aliphatic rings. The molecule has 0 saturated carbocycles. The summed E-state index contributed by atoms with van der Waals surface area (Å²) in [7, 11) is -3.70. The van der Waals surface area contributed by atoms with Crippen molar-refractivity contribution in [2.75, 3.05) is 0 Å². The van der Waals surface area contributed by atoms with Gasteiger partial charge < -0.3 is 13.6 Å². The van der Waals surface area contributed by atoms with Crippen molar-refractivity contribution in [1.29, 1.82) is 0 Å². The largest absolute Gasteiger partial charge is 0.645 e. The molecule has 0 rings (SSSR count). The van der Waals surface area contributed by atoms with Crippen LogP contribution in [0.4, 0.5) is 0 Å². The molecule has 0 radical (unpaired) electrons. The molecule has 224 valence electrons. The van der Waals surface area contributed by atoms with Gasteiger partial charge in [0.2, 0.25) is 0 Å². The lowest BCUT2D eigenvalue weighted by atomic mass is 10.1. The second-order valence-electron chi connectivity index (χ2n) is 10.6. The summed E-state index contributed by atoms with van der Waals surface area (Å²) in [4.78, 5) is 0. The lowest BCUT2D eigenvalue weighted by Gasteiger charge is -2.13. The third kappa shape index (κ3) is 27.9. The van der Waals surface area contributed by atoms with Crippen LogP contribution in [0.5, 0.6) is 0 Å². The summed E-state index contributed by atoms with van der Waals surface area (Å²) in [5.41, 5.74) is 0. The molecule has 4 nitrogen and oxygen atoms in total. The predicted molar refractivity (Wildman–Crippen MR) is 166 cm³/mol. The smallest absolute Gasteiger partial charge is 0.394 e. The van der Waals surface area contributed by atoms with Crippen LogP contribution in [-0.4, -0.2) is 0 Å². The molecule has 0 aliphatic carbocycles. The lowest BCUT2D eigenvalue weighted by molar-refractivity contribution is 0.229. The Morgan fingerprint density at radius 3 is 0.895 bits per heavy atom. The molecule has 0 aromatic carbocycles. The third-order valence-electron chi connectivity index (χ3n) is 6.78. The van der Waals surface area contributed by atoms with Crippen LogP contribution in [-0.2, 0) is 18.1 Å². The van der Waals surface area contributed by atoms with Gasteiger partial charge in [0.1, 0.15) is 0 Å². The summed E-state index contributed by atoms with van der Waals surface area (Å²) in [5.74, 6) is 0. The topological polar surface area (TPSA) is 44.8 Å². The maximum absolute atomic E-state index is 13.1. The molecule has 0 N–H and O–H groups in total. The molecule has 0 spiro atoms. The van der Waals surface area contributed by atoms with Gasteiger partial charge in [-0.1, -0.05) is 136 Å². The molecule has 0 aromatic heterocycles. The van der Waals surface area contributed by atoms with Crippen LogP contribution in [0.15, 0.2) is 37.0 Å². The Morgan fingerprint density at radius 2 is 0.632 bits per heavy atom. The first kappa shape index (κ1) is 36.8. The van der Waals surface area contributed by atoms with Crippen molar-refractivity contribution in [3.05, 3.63) is 37.0 Å². The van der Waals surface area contributed by atoms with Crippen LogP contribution < -0.4 is 0 Å². The van der Waals surface area contributed by atoms with E-state index in [0.29, 0.717) is 0 Å². The van der Waals surface area contributed by atoms with Crippen LogP contribution in [0.2, 0.25) is 0 Å². The van der Waals surface area contributed by atoms with E-state index in [4.69, 9.17) is 13.6 Å². The van der Waals surface area contributed by atoms with Gasteiger partial charge in [0.25, 0.3) is 0 Å². The number of rotatable bonds is 30. The minimum absolute atomic E-state index is 0.913. The Morgan fingerprint density at radius 1 is 0.395 bits per heavy atom. The average molecular weight is 555 g/mol. The van der Waals surface area contributed by atoms with Gasteiger partial charge >= 0.3 is 7.82 Å². The number of unbranched alkanes of at least 4 members (excludes halogenated alkanes) is 21. The van der Waals surface area contributed by atoms with Crippen LogP contribution in [0, 0.1) is 0 Å². The molecule has 0 amide bonds. The fourth-order valence-corrected chi connectivity index (χ4v) is 5.14. The van der Waals surface area contributed by atoms with E-state index in [0.717, 1.165) is 38.5 Å². The highest BCUT2D eigenvalue weighted by molar-refractivity contribution is 7.48. The Bertz CT molecular complexity index is 519. The van der Waals surface area contributed by atoms with Crippen molar-refractivity contribution in [3.63, 3.8) is 0 Å². The van der Waals surface area contributed by atoms with E-state index in [-0.39, 0.29) is 0 Å². The summed E-state index contributed by atoms with van der Waals surface area (Å²) < 4.78 is 29.5. The van der Waals surface area contributed by atoms with Crippen LogP contribution in [0.25, 0.3) is 0 Å². The van der Waals surface area contributed by atoms with Gasteiger partial charge in [0, 0.05) is 0 Å². The van der Waals surface area contributed by atoms with E-state index in [1.807, 2.05) is 18.2 Å². The van der Waals surface area contributed by atoms with Gasteiger partial charge in [0.15, 0.2) is 0 Å². The van der Waals surface area contributed by atoms with Gasteiger partial charge in [-0.2, -0.15) is 4.57 Å². The predicted octanol–water partition coefficient (Wildman–Crippen LogP) is 13.1. The molecule has 0 saturated heterocycles. The zero-order valence-electron chi connectivity index (χ0n) is 25.5. The van der Waals surface area contributed by atoms with E-state index in [1.165, 1.54) is 134 Å². The van der Waals surface area contributed by atoms with Crippen molar-refractivity contribution >= 4 is 7.82 Å². The Balaban J connectivity index is 4.35. The number of phosphoric acid groups is 1. The Hall–Kier alpha value is -1.15. The Kier molecular flexibility index (Phi) is 29.5. The Labute approximate surface area is 237 Å². The molecule has 0 bridgehead atoms. The SMILES string of the molecule is CCCCCCCCCC=COP(=O)(OC=CCCCCCCCCC)OC=CCCCCCCCCC. The van der Waals surface area contributed by atoms with Gasteiger partial charge in [-0.05, 0) is 56.8 Å². The van der Waals surface area contributed by atoms with Crippen LogP contribution in [0.1, 0.15) is 175 Å². The van der Waals surface area contributed by atoms with Crippen molar-refractivity contribution in [1.82, 2.24) is 0 Å². The normalized spacial score (nSPS) is 13.6. The second-order valence-corrected chi connectivity index (χ2v) is 12.1. The van der Waals surface area contributed by atoms with E-state index < -0.39 is 7.82 Å². The zero-order chi connectivity index (χ0) is 27.8. The fraction of sp³-hybridized carbons (Fsp3) is 0.818. The molecule has 0 unspecified atom stereocenters. The molecule has 38 heavy (non-hydrogen) atoms. The first-order chi connectivity index (χ1) is 18.7. The maximum atomic E-state index is 13.1. The molecule has 0 aromatic rings. The zero-order valence-corrected chi connectivity index (χ0v) is 26.4. The highest BCUT2D eigenvalue weighted by Gasteiger charge is 2.27. The minimum Gasteiger partial charge on any atom is -0.394 e. The van der Waals surface area contributed by atoms with E-state index in [2.05, 4.69) is 20.8 Å². The molecule has 0 heterocycles. The second kappa shape index (κ2) is 30.4. The number of phosphoric ester groups is 1. The monoisotopic (exact) mass is 554 g/mol. The van der Waals surface area contributed by atoms with Crippen molar-refractivity contribution in [2.24, 2.45) is 0 Å². The van der Waals surface area contributed by atoms with E-state index in [1.54, 1.807) is 0 Å². The maximum Gasteiger partial charge on any atom is 0.645 e. The number of hydrogen-bond donors (Lipinski definition) is 0. The summed E-state index contributed by atoms with van der Waals surface area (Å²) in [6, 6.07) is 0. The first-order valence-corrected chi connectivity index (χ1v) is 17.7. The summed E-state index contributed by atoms with van der Waals surface area (Å²) in [6.07, 6.45) is 39.7. The van der Waals surface area contributed by atoms with Gasteiger partial charge in [-0.3, -0.25) is 0 Å². The number of allylic oxidation sites excluding steroid dienone is 3. The van der Waals surface area contributed by atoms with Crippen LogP contribution >= 0.6 is 7.82 Å². The highest BCUT2D eigenvalue weighted by Crippen LogP contribution is 2.50. The fourth-order valence-electron chi connectivity index (χ4n) is 4.29. The van der Waals surface area contributed by atoms with Crippen LogP contribution in [0.3, 0.4) is 0 Å². The summed E-state index contributed by atoms with van der Waals surface area (Å²) in [6.45, 7) is 6.74. The van der Waals surface area contributed by atoms with Crippen molar-refractivity contribution in [2.45, 2.75) is 175 Å². The molecular formula is C33H63O4P. The highest BCUT2D eigenvalue weighted by atomic mass is 31.2. The quantitative estimate of drug-likeness (QED) is 0.0503. The molecule has 0 atom stereocenters. The lowest BCUT2D eigenvalue weighted by Crippen LogP contribution is -1.89. The van der Waals surface area contributed by atoms with E-state index >= 15 is 0 Å². The van der Waals surface area contributed by atoms with E-state index in [9.17, 15) is 4.57 Å². The molecule has 0 fully saturated rings.